The number of rotatable bonds is 3. The van der Waals surface area contributed by atoms with Crippen LogP contribution in [0.5, 0.6) is 0 Å². The Labute approximate surface area is 90.5 Å². The van der Waals surface area contributed by atoms with E-state index in [0.29, 0.717) is 6.54 Å². The molecule has 0 atom stereocenters. The van der Waals surface area contributed by atoms with Crippen molar-refractivity contribution in [2.45, 2.75) is 31.6 Å². The van der Waals surface area contributed by atoms with Gasteiger partial charge in [0.1, 0.15) is 5.82 Å². The van der Waals surface area contributed by atoms with Crippen molar-refractivity contribution in [1.29, 1.82) is 0 Å². The first-order valence-corrected chi connectivity index (χ1v) is 5.66. The Bertz CT molecular complexity index is 342. The lowest BCUT2D eigenvalue weighted by molar-refractivity contribution is 0.144. The molecular weight excluding hydrogens is 189 g/mol. The molecule has 0 bridgehead atoms. The smallest absolute Gasteiger partial charge is 0.123 e. The molecule has 1 aliphatic carbocycles. The lowest BCUT2D eigenvalue weighted by Crippen LogP contribution is -2.46. The highest BCUT2D eigenvalue weighted by molar-refractivity contribution is 5.30. The van der Waals surface area contributed by atoms with Crippen molar-refractivity contribution in [3.05, 3.63) is 35.6 Å². The number of hydrogen-bond donors (Lipinski definition) is 1. The van der Waals surface area contributed by atoms with Crippen molar-refractivity contribution in [3.63, 3.8) is 0 Å². The lowest BCUT2D eigenvalue weighted by atomic mass is 9.58. The van der Waals surface area contributed by atoms with Gasteiger partial charge in [-0.15, -0.1) is 0 Å². The molecule has 1 aromatic rings. The Morgan fingerprint density at radius 3 is 2.73 bits per heavy atom. The SMILES string of the molecule is CCC1CC(CN)(c2cccc(F)c2)C1. The average molecular weight is 207 g/mol. The Kier molecular flexibility index (Phi) is 2.79. The molecule has 15 heavy (non-hydrogen) atoms. The molecule has 82 valence electrons. The molecular formula is C13H18FN. The summed E-state index contributed by atoms with van der Waals surface area (Å²) in [7, 11) is 0. The van der Waals surface area contributed by atoms with Gasteiger partial charge < -0.3 is 5.73 Å². The van der Waals surface area contributed by atoms with Crippen molar-refractivity contribution < 1.29 is 4.39 Å². The Balaban J connectivity index is 2.21. The van der Waals surface area contributed by atoms with E-state index in [2.05, 4.69) is 6.92 Å². The second-order valence-electron chi connectivity index (χ2n) is 4.68. The fraction of sp³-hybridized carbons (Fsp3) is 0.538. The molecule has 1 saturated carbocycles. The van der Waals surface area contributed by atoms with Crippen LogP contribution < -0.4 is 5.73 Å². The largest absolute Gasteiger partial charge is 0.330 e. The van der Waals surface area contributed by atoms with E-state index in [1.807, 2.05) is 6.07 Å². The summed E-state index contributed by atoms with van der Waals surface area (Å²) in [5, 5.41) is 0. The topological polar surface area (TPSA) is 26.0 Å². The van der Waals surface area contributed by atoms with Crippen LogP contribution in [0.25, 0.3) is 0 Å². The second-order valence-corrected chi connectivity index (χ2v) is 4.68. The Morgan fingerprint density at radius 2 is 2.20 bits per heavy atom. The van der Waals surface area contributed by atoms with E-state index in [4.69, 9.17) is 5.73 Å². The molecule has 0 radical (unpaired) electrons. The first kappa shape index (κ1) is 10.6. The van der Waals surface area contributed by atoms with Gasteiger partial charge in [0.15, 0.2) is 0 Å². The summed E-state index contributed by atoms with van der Waals surface area (Å²) >= 11 is 0. The number of halogens is 1. The van der Waals surface area contributed by atoms with Gasteiger partial charge in [0.05, 0.1) is 0 Å². The summed E-state index contributed by atoms with van der Waals surface area (Å²) in [6, 6.07) is 6.91. The third-order valence-electron chi connectivity index (χ3n) is 3.76. The number of hydrogen-bond acceptors (Lipinski definition) is 1. The van der Waals surface area contributed by atoms with Crippen molar-refractivity contribution in [3.8, 4) is 0 Å². The van der Waals surface area contributed by atoms with E-state index in [-0.39, 0.29) is 11.2 Å². The molecule has 1 aliphatic rings. The van der Waals surface area contributed by atoms with Crippen molar-refractivity contribution >= 4 is 0 Å². The highest BCUT2D eigenvalue weighted by Gasteiger charge is 2.43. The molecule has 0 unspecified atom stereocenters. The fourth-order valence-corrected chi connectivity index (χ4v) is 2.67. The first-order valence-electron chi connectivity index (χ1n) is 5.66. The quantitative estimate of drug-likeness (QED) is 0.810. The van der Waals surface area contributed by atoms with Gasteiger partial charge in [-0.1, -0.05) is 25.5 Å². The maximum atomic E-state index is 13.1. The third-order valence-corrected chi connectivity index (χ3v) is 3.76. The van der Waals surface area contributed by atoms with Gasteiger partial charge in [-0.05, 0) is 36.5 Å². The molecule has 2 N–H and O–H groups in total. The molecule has 0 amide bonds. The summed E-state index contributed by atoms with van der Waals surface area (Å²) < 4.78 is 13.1. The van der Waals surface area contributed by atoms with E-state index >= 15 is 0 Å². The highest BCUT2D eigenvalue weighted by Crippen LogP contribution is 2.48. The van der Waals surface area contributed by atoms with Crippen LogP contribution in [-0.2, 0) is 5.41 Å². The monoisotopic (exact) mass is 207 g/mol. The molecule has 0 aliphatic heterocycles. The number of nitrogens with two attached hydrogens (primary N) is 1. The van der Waals surface area contributed by atoms with E-state index in [9.17, 15) is 4.39 Å². The van der Waals surface area contributed by atoms with Crippen LogP contribution in [0.1, 0.15) is 31.7 Å². The minimum absolute atomic E-state index is 0.0583. The number of benzene rings is 1. The van der Waals surface area contributed by atoms with Crippen molar-refractivity contribution in [1.82, 2.24) is 0 Å². The van der Waals surface area contributed by atoms with Crippen LogP contribution >= 0.6 is 0 Å². The van der Waals surface area contributed by atoms with Gasteiger partial charge in [0, 0.05) is 12.0 Å². The zero-order chi connectivity index (χ0) is 10.9. The highest BCUT2D eigenvalue weighted by atomic mass is 19.1. The molecule has 0 heterocycles. The summed E-state index contributed by atoms with van der Waals surface area (Å²) in [5.74, 6) is 0.622. The van der Waals surface area contributed by atoms with Gasteiger partial charge in [-0.25, -0.2) is 4.39 Å². The minimum atomic E-state index is -0.153. The molecule has 1 fully saturated rings. The maximum absolute atomic E-state index is 13.1. The summed E-state index contributed by atoms with van der Waals surface area (Å²) in [5.41, 5.74) is 6.98. The molecule has 2 rings (SSSR count). The summed E-state index contributed by atoms with van der Waals surface area (Å²) in [6.45, 7) is 2.84. The van der Waals surface area contributed by atoms with Crippen molar-refractivity contribution in [2.24, 2.45) is 11.7 Å². The van der Waals surface area contributed by atoms with E-state index in [1.165, 1.54) is 12.5 Å². The van der Waals surface area contributed by atoms with Crippen molar-refractivity contribution in [2.75, 3.05) is 6.54 Å². The fourth-order valence-electron chi connectivity index (χ4n) is 2.67. The standard InChI is InChI=1S/C13H18FN/c1-2-10-7-13(8-10,9-15)11-4-3-5-12(14)6-11/h3-6,10H,2,7-9,15H2,1H3. The zero-order valence-corrected chi connectivity index (χ0v) is 9.17. The van der Waals surface area contributed by atoms with Crippen LogP contribution in [0.15, 0.2) is 24.3 Å². The van der Waals surface area contributed by atoms with Crippen LogP contribution in [0, 0.1) is 11.7 Å². The van der Waals surface area contributed by atoms with E-state index in [1.54, 1.807) is 12.1 Å². The third kappa shape index (κ3) is 1.78. The van der Waals surface area contributed by atoms with Gasteiger partial charge in [-0.2, -0.15) is 0 Å². The predicted octanol–water partition coefficient (Wildman–Crippen LogP) is 2.84. The van der Waals surface area contributed by atoms with Gasteiger partial charge >= 0.3 is 0 Å². The summed E-state index contributed by atoms with van der Waals surface area (Å²) in [4.78, 5) is 0. The van der Waals surface area contributed by atoms with Crippen LogP contribution in [0.2, 0.25) is 0 Å². The zero-order valence-electron chi connectivity index (χ0n) is 9.17. The first-order chi connectivity index (χ1) is 7.20. The predicted molar refractivity (Wildman–Crippen MR) is 60.1 cm³/mol. The Hall–Kier alpha value is -0.890. The Morgan fingerprint density at radius 1 is 1.47 bits per heavy atom. The van der Waals surface area contributed by atoms with Crippen LogP contribution in [0.3, 0.4) is 0 Å². The van der Waals surface area contributed by atoms with E-state index < -0.39 is 0 Å². The maximum Gasteiger partial charge on any atom is 0.123 e. The molecule has 2 heteroatoms. The minimum Gasteiger partial charge on any atom is -0.330 e. The van der Waals surface area contributed by atoms with Crippen LogP contribution in [-0.4, -0.2) is 6.54 Å². The molecule has 1 aromatic carbocycles. The second kappa shape index (κ2) is 3.93. The van der Waals surface area contributed by atoms with Gasteiger partial charge in [-0.3, -0.25) is 0 Å². The molecule has 0 spiro atoms. The molecule has 0 saturated heterocycles. The lowest BCUT2D eigenvalue weighted by Gasteiger charge is -2.47. The van der Waals surface area contributed by atoms with E-state index in [0.717, 1.165) is 24.3 Å². The normalized spacial score (nSPS) is 29.9. The molecule has 0 aromatic heterocycles. The molecule has 1 nitrogen and oxygen atoms in total. The average Bonchev–Trinajstić information content (AvgIpc) is 2.18. The van der Waals surface area contributed by atoms with Gasteiger partial charge in [0.25, 0.3) is 0 Å². The summed E-state index contributed by atoms with van der Waals surface area (Å²) in [6.07, 6.45) is 3.43. The van der Waals surface area contributed by atoms with Crippen LogP contribution in [0.4, 0.5) is 4.39 Å². The van der Waals surface area contributed by atoms with Gasteiger partial charge in [0.2, 0.25) is 0 Å².